The van der Waals surface area contributed by atoms with Gasteiger partial charge >= 0.3 is 6.03 Å². The van der Waals surface area contributed by atoms with Crippen LogP contribution >= 0.6 is 0 Å². The van der Waals surface area contributed by atoms with E-state index >= 15 is 0 Å². The van der Waals surface area contributed by atoms with Gasteiger partial charge in [0.2, 0.25) is 5.91 Å². The molecule has 142 valence electrons. The van der Waals surface area contributed by atoms with Gasteiger partial charge in [0.15, 0.2) is 11.6 Å². The number of ether oxygens (including phenoxy) is 1. The molecule has 27 heavy (non-hydrogen) atoms. The quantitative estimate of drug-likeness (QED) is 0.671. The number of methoxy groups -OCH3 is 1. The van der Waals surface area contributed by atoms with Crippen molar-refractivity contribution in [3.63, 3.8) is 0 Å². The number of para-hydroxylation sites is 2. The molecule has 0 radical (unpaired) electrons. The normalized spacial score (nSPS) is 10.7. The largest absolute Gasteiger partial charge is 0.494 e. The second-order valence-corrected chi connectivity index (χ2v) is 6.02. The van der Waals surface area contributed by atoms with Crippen LogP contribution in [0.2, 0.25) is 0 Å². The van der Waals surface area contributed by atoms with Crippen LogP contribution in [0.5, 0.6) is 5.75 Å². The number of urea groups is 1. The number of amides is 3. The molecule has 6 nitrogen and oxygen atoms in total. The Balaban J connectivity index is 2.05. The molecule has 0 saturated carbocycles. The first-order valence-corrected chi connectivity index (χ1v) is 8.38. The zero-order chi connectivity index (χ0) is 19.8. The summed E-state index contributed by atoms with van der Waals surface area (Å²) in [5, 5.41) is 8.09. The van der Waals surface area contributed by atoms with Crippen LogP contribution in [0.3, 0.4) is 0 Å². The summed E-state index contributed by atoms with van der Waals surface area (Å²) in [6.45, 7) is 3.69. The molecule has 0 unspecified atom stereocenters. The first-order valence-electron chi connectivity index (χ1n) is 8.38. The lowest BCUT2D eigenvalue weighted by atomic mass is 10.2. The maximum Gasteiger partial charge on any atom is 0.319 e. The third kappa shape index (κ3) is 6.14. The molecule has 2 aromatic carbocycles. The summed E-state index contributed by atoms with van der Waals surface area (Å²) in [5.41, 5.74) is 1.44. The second-order valence-electron chi connectivity index (χ2n) is 6.02. The van der Waals surface area contributed by atoms with Crippen LogP contribution in [-0.2, 0) is 4.79 Å². The van der Waals surface area contributed by atoms with Crippen LogP contribution in [0.1, 0.15) is 19.4 Å². The fourth-order valence-corrected chi connectivity index (χ4v) is 2.25. The third-order valence-corrected chi connectivity index (χ3v) is 3.46. The molecule has 0 saturated heterocycles. The van der Waals surface area contributed by atoms with Crippen LogP contribution in [0.4, 0.5) is 20.6 Å². The fourth-order valence-electron chi connectivity index (χ4n) is 2.25. The van der Waals surface area contributed by atoms with Crippen molar-refractivity contribution in [2.45, 2.75) is 19.9 Å². The van der Waals surface area contributed by atoms with Gasteiger partial charge < -0.3 is 20.7 Å². The Morgan fingerprint density at radius 2 is 1.74 bits per heavy atom. The van der Waals surface area contributed by atoms with Gasteiger partial charge in [-0.15, -0.1) is 0 Å². The highest BCUT2D eigenvalue weighted by atomic mass is 19.1. The van der Waals surface area contributed by atoms with E-state index in [0.29, 0.717) is 16.9 Å². The Morgan fingerprint density at radius 1 is 1.07 bits per heavy atom. The molecule has 0 aromatic heterocycles. The molecule has 3 N–H and O–H groups in total. The average Bonchev–Trinajstić information content (AvgIpc) is 2.61. The highest BCUT2D eigenvalue weighted by Gasteiger charge is 2.09. The number of benzene rings is 2. The summed E-state index contributed by atoms with van der Waals surface area (Å²) in [6, 6.07) is 10.9. The average molecular weight is 371 g/mol. The number of hydrogen-bond acceptors (Lipinski definition) is 3. The fraction of sp³-hybridized carbons (Fsp3) is 0.200. The standard InChI is InChI=1S/C20H22FN3O3/c1-13(2)22-20(26)24-17-7-5-4-6-16(17)23-19(25)11-9-14-8-10-18(27-3)15(21)12-14/h4-13H,1-3H3,(H,23,25)(H2,22,24,26). The van der Waals surface area contributed by atoms with Crippen molar-refractivity contribution in [2.24, 2.45) is 0 Å². The summed E-state index contributed by atoms with van der Waals surface area (Å²) in [4.78, 5) is 24.0. The van der Waals surface area contributed by atoms with Crippen molar-refractivity contribution in [3.8, 4) is 5.75 Å². The molecule has 0 bridgehead atoms. The molecule has 2 rings (SSSR count). The summed E-state index contributed by atoms with van der Waals surface area (Å²) in [6.07, 6.45) is 2.77. The van der Waals surface area contributed by atoms with Gasteiger partial charge in [0, 0.05) is 12.1 Å². The van der Waals surface area contributed by atoms with Crippen LogP contribution in [0, 0.1) is 5.82 Å². The minimum Gasteiger partial charge on any atom is -0.494 e. The summed E-state index contributed by atoms with van der Waals surface area (Å²) in [5.74, 6) is -0.785. The first-order chi connectivity index (χ1) is 12.9. The van der Waals surface area contributed by atoms with Crippen LogP contribution < -0.4 is 20.7 Å². The number of rotatable bonds is 6. The van der Waals surface area contributed by atoms with Crippen molar-refractivity contribution < 1.29 is 18.7 Å². The van der Waals surface area contributed by atoms with E-state index in [2.05, 4.69) is 16.0 Å². The molecular formula is C20H22FN3O3. The van der Waals surface area contributed by atoms with Crippen LogP contribution in [0.15, 0.2) is 48.5 Å². The molecule has 0 spiro atoms. The van der Waals surface area contributed by atoms with E-state index in [0.717, 1.165) is 0 Å². The van der Waals surface area contributed by atoms with Gasteiger partial charge in [0.25, 0.3) is 0 Å². The predicted octanol–water partition coefficient (Wildman–Crippen LogP) is 4.02. The molecule has 0 aliphatic carbocycles. The number of nitrogens with one attached hydrogen (secondary N) is 3. The van der Waals surface area contributed by atoms with Gasteiger partial charge in [-0.05, 0) is 49.8 Å². The number of hydrogen-bond donors (Lipinski definition) is 3. The van der Waals surface area contributed by atoms with E-state index in [1.54, 1.807) is 30.3 Å². The van der Waals surface area contributed by atoms with Crippen molar-refractivity contribution >= 4 is 29.4 Å². The maximum absolute atomic E-state index is 13.7. The summed E-state index contributed by atoms with van der Waals surface area (Å²) in [7, 11) is 1.38. The molecule has 2 aromatic rings. The molecule has 0 aliphatic heterocycles. The molecule has 7 heteroatoms. The number of carbonyl (C=O) groups is 2. The van der Waals surface area contributed by atoms with Crippen molar-refractivity contribution in [2.75, 3.05) is 17.7 Å². The van der Waals surface area contributed by atoms with Crippen molar-refractivity contribution in [3.05, 3.63) is 59.9 Å². The van der Waals surface area contributed by atoms with Gasteiger partial charge in [-0.1, -0.05) is 18.2 Å². The Bertz CT molecular complexity index is 850. The highest BCUT2D eigenvalue weighted by molar-refractivity contribution is 6.05. The Hall–Kier alpha value is -3.35. The molecular weight excluding hydrogens is 349 g/mol. The monoisotopic (exact) mass is 371 g/mol. The maximum atomic E-state index is 13.7. The van der Waals surface area contributed by atoms with Crippen LogP contribution in [0.25, 0.3) is 6.08 Å². The Morgan fingerprint density at radius 3 is 2.33 bits per heavy atom. The zero-order valence-corrected chi connectivity index (χ0v) is 15.4. The number of carbonyl (C=O) groups excluding carboxylic acids is 2. The van der Waals surface area contributed by atoms with E-state index in [9.17, 15) is 14.0 Å². The minimum absolute atomic E-state index is 0.0143. The smallest absolute Gasteiger partial charge is 0.319 e. The molecule has 0 fully saturated rings. The summed E-state index contributed by atoms with van der Waals surface area (Å²) < 4.78 is 18.5. The highest BCUT2D eigenvalue weighted by Crippen LogP contribution is 2.21. The van der Waals surface area contributed by atoms with E-state index < -0.39 is 11.7 Å². The zero-order valence-electron chi connectivity index (χ0n) is 15.4. The lowest BCUT2D eigenvalue weighted by molar-refractivity contribution is -0.111. The van der Waals surface area contributed by atoms with Crippen LogP contribution in [-0.4, -0.2) is 25.1 Å². The molecule has 0 atom stereocenters. The Kier molecular flexibility index (Phi) is 6.93. The number of anilines is 2. The molecule has 3 amide bonds. The van der Waals surface area contributed by atoms with Gasteiger partial charge in [-0.25, -0.2) is 9.18 Å². The first kappa shape index (κ1) is 20.0. The van der Waals surface area contributed by atoms with E-state index in [1.165, 1.54) is 31.4 Å². The van der Waals surface area contributed by atoms with E-state index in [-0.39, 0.29) is 17.8 Å². The van der Waals surface area contributed by atoms with Gasteiger partial charge in [0.1, 0.15) is 0 Å². The van der Waals surface area contributed by atoms with Gasteiger partial charge in [-0.3, -0.25) is 4.79 Å². The van der Waals surface area contributed by atoms with Crippen molar-refractivity contribution in [1.82, 2.24) is 5.32 Å². The third-order valence-electron chi connectivity index (χ3n) is 3.46. The number of halogens is 1. The SMILES string of the molecule is COc1ccc(C=CC(=O)Nc2ccccc2NC(=O)NC(C)C)cc1F. The molecule has 0 aliphatic rings. The topological polar surface area (TPSA) is 79.5 Å². The minimum atomic E-state index is -0.509. The lowest BCUT2D eigenvalue weighted by Crippen LogP contribution is -2.34. The molecule has 0 heterocycles. The second kappa shape index (κ2) is 9.38. The van der Waals surface area contributed by atoms with Gasteiger partial charge in [0.05, 0.1) is 18.5 Å². The summed E-state index contributed by atoms with van der Waals surface area (Å²) >= 11 is 0. The predicted molar refractivity (Wildman–Crippen MR) is 104 cm³/mol. The van der Waals surface area contributed by atoms with E-state index in [4.69, 9.17) is 4.74 Å². The van der Waals surface area contributed by atoms with Crippen molar-refractivity contribution in [1.29, 1.82) is 0 Å². The van der Waals surface area contributed by atoms with E-state index in [1.807, 2.05) is 13.8 Å². The lowest BCUT2D eigenvalue weighted by Gasteiger charge is -2.13. The Labute approximate surface area is 157 Å². The van der Waals surface area contributed by atoms with Gasteiger partial charge in [-0.2, -0.15) is 0 Å².